The predicted octanol–water partition coefficient (Wildman–Crippen LogP) is 3.59. The van der Waals surface area contributed by atoms with Crippen LogP contribution in [0.1, 0.15) is 35.8 Å². The predicted molar refractivity (Wildman–Crippen MR) is 80.4 cm³/mol. The smallest absolute Gasteiger partial charge is 0.129 e. The summed E-state index contributed by atoms with van der Waals surface area (Å²) in [5.41, 5.74) is 0. The van der Waals surface area contributed by atoms with Gasteiger partial charge in [0.15, 0.2) is 0 Å². The summed E-state index contributed by atoms with van der Waals surface area (Å²) in [6.45, 7) is 3.58. The highest BCUT2D eigenvalue weighted by Gasteiger charge is 2.19. The SMILES string of the molecule is CCCNC(c1ccc(COC)o1)c1cc(OC)cs1. The van der Waals surface area contributed by atoms with Gasteiger partial charge >= 0.3 is 0 Å². The van der Waals surface area contributed by atoms with Crippen molar-refractivity contribution in [1.29, 1.82) is 0 Å². The van der Waals surface area contributed by atoms with Crippen LogP contribution < -0.4 is 10.1 Å². The van der Waals surface area contributed by atoms with Crippen molar-refractivity contribution in [3.63, 3.8) is 0 Å². The molecule has 0 amide bonds. The van der Waals surface area contributed by atoms with Crippen LogP contribution in [0.15, 0.2) is 28.0 Å². The van der Waals surface area contributed by atoms with Crippen LogP contribution in [0, 0.1) is 0 Å². The summed E-state index contributed by atoms with van der Waals surface area (Å²) in [6.07, 6.45) is 1.07. The van der Waals surface area contributed by atoms with Gasteiger partial charge in [-0.3, -0.25) is 0 Å². The van der Waals surface area contributed by atoms with Crippen molar-refractivity contribution in [2.45, 2.75) is 26.0 Å². The fraction of sp³-hybridized carbons (Fsp3) is 0.467. The van der Waals surface area contributed by atoms with Crippen LogP contribution in [0.2, 0.25) is 0 Å². The fourth-order valence-electron chi connectivity index (χ4n) is 1.99. The third-order valence-electron chi connectivity index (χ3n) is 2.97. The molecule has 2 aromatic rings. The lowest BCUT2D eigenvalue weighted by Gasteiger charge is -2.14. The molecule has 0 aliphatic rings. The Morgan fingerprint density at radius 3 is 2.85 bits per heavy atom. The molecule has 0 fully saturated rings. The van der Waals surface area contributed by atoms with Crippen molar-refractivity contribution in [2.75, 3.05) is 20.8 Å². The van der Waals surface area contributed by atoms with E-state index in [1.54, 1.807) is 25.6 Å². The van der Waals surface area contributed by atoms with Crippen LogP contribution in [-0.4, -0.2) is 20.8 Å². The average molecular weight is 295 g/mol. The lowest BCUT2D eigenvalue weighted by Crippen LogP contribution is -2.21. The lowest BCUT2D eigenvalue weighted by molar-refractivity contribution is 0.162. The summed E-state index contributed by atoms with van der Waals surface area (Å²) in [7, 11) is 3.35. The molecule has 2 aromatic heterocycles. The molecule has 5 heteroatoms. The van der Waals surface area contributed by atoms with Crippen molar-refractivity contribution in [2.24, 2.45) is 0 Å². The van der Waals surface area contributed by atoms with Gasteiger partial charge < -0.3 is 19.2 Å². The molecule has 1 atom stereocenters. The van der Waals surface area contributed by atoms with Crippen LogP contribution in [-0.2, 0) is 11.3 Å². The third-order valence-corrected chi connectivity index (χ3v) is 3.94. The van der Waals surface area contributed by atoms with E-state index in [2.05, 4.69) is 18.3 Å². The van der Waals surface area contributed by atoms with Crippen molar-refractivity contribution in [1.82, 2.24) is 5.32 Å². The first-order chi connectivity index (χ1) is 9.78. The minimum atomic E-state index is 0.0643. The zero-order valence-corrected chi connectivity index (χ0v) is 13.0. The van der Waals surface area contributed by atoms with E-state index in [1.165, 1.54) is 4.88 Å². The lowest BCUT2D eigenvalue weighted by atomic mass is 10.2. The van der Waals surface area contributed by atoms with Crippen molar-refractivity contribution < 1.29 is 13.9 Å². The van der Waals surface area contributed by atoms with E-state index in [0.717, 1.165) is 30.2 Å². The van der Waals surface area contributed by atoms with Crippen LogP contribution in [0.4, 0.5) is 0 Å². The summed E-state index contributed by atoms with van der Waals surface area (Å²) in [5.74, 6) is 2.64. The second kappa shape index (κ2) is 7.47. The number of hydrogen-bond donors (Lipinski definition) is 1. The van der Waals surface area contributed by atoms with Crippen LogP contribution in [0.5, 0.6) is 5.75 Å². The summed E-state index contributed by atoms with van der Waals surface area (Å²) >= 11 is 1.67. The molecule has 2 rings (SSSR count). The first-order valence-electron chi connectivity index (χ1n) is 6.71. The molecule has 0 bridgehead atoms. The Morgan fingerprint density at radius 2 is 2.20 bits per heavy atom. The minimum absolute atomic E-state index is 0.0643. The van der Waals surface area contributed by atoms with Crippen LogP contribution in [0.3, 0.4) is 0 Å². The second-order valence-electron chi connectivity index (χ2n) is 4.51. The normalized spacial score (nSPS) is 12.6. The summed E-state index contributed by atoms with van der Waals surface area (Å²) in [5, 5.41) is 5.52. The minimum Gasteiger partial charge on any atom is -0.496 e. The summed E-state index contributed by atoms with van der Waals surface area (Å²) in [6, 6.07) is 6.09. The van der Waals surface area contributed by atoms with Crippen molar-refractivity contribution in [3.05, 3.63) is 40.0 Å². The Balaban J connectivity index is 2.21. The second-order valence-corrected chi connectivity index (χ2v) is 5.46. The largest absolute Gasteiger partial charge is 0.496 e. The van der Waals surface area contributed by atoms with E-state index in [4.69, 9.17) is 13.9 Å². The maximum Gasteiger partial charge on any atom is 0.129 e. The highest BCUT2D eigenvalue weighted by Crippen LogP contribution is 2.32. The van der Waals surface area contributed by atoms with Gasteiger partial charge in [0.25, 0.3) is 0 Å². The van der Waals surface area contributed by atoms with Crippen LogP contribution in [0.25, 0.3) is 0 Å². The molecule has 4 nitrogen and oxygen atoms in total. The van der Waals surface area contributed by atoms with Crippen LogP contribution >= 0.6 is 11.3 Å². The molecule has 0 aromatic carbocycles. The number of rotatable bonds is 8. The molecule has 0 saturated heterocycles. The van der Waals surface area contributed by atoms with Gasteiger partial charge in [0, 0.05) is 17.4 Å². The van der Waals surface area contributed by atoms with Gasteiger partial charge in [-0.05, 0) is 31.2 Å². The molecule has 0 aliphatic carbocycles. The van der Waals surface area contributed by atoms with E-state index in [1.807, 2.05) is 17.5 Å². The molecule has 0 aliphatic heterocycles. The number of methoxy groups -OCH3 is 2. The Hall–Kier alpha value is -1.30. The number of ether oxygens (including phenoxy) is 2. The molecule has 0 radical (unpaired) electrons. The van der Waals surface area contributed by atoms with E-state index in [-0.39, 0.29) is 6.04 Å². The molecule has 1 unspecified atom stereocenters. The Kier molecular flexibility index (Phi) is 5.64. The first kappa shape index (κ1) is 15.1. The molecule has 20 heavy (non-hydrogen) atoms. The molecule has 2 heterocycles. The third kappa shape index (κ3) is 3.62. The zero-order valence-electron chi connectivity index (χ0n) is 12.1. The van der Waals surface area contributed by atoms with E-state index in [0.29, 0.717) is 6.61 Å². The molecular formula is C15H21NO3S. The molecular weight excluding hydrogens is 274 g/mol. The molecule has 1 N–H and O–H groups in total. The van der Waals surface area contributed by atoms with Gasteiger partial charge in [0.2, 0.25) is 0 Å². The van der Waals surface area contributed by atoms with Crippen molar-refractivity contribution >= 4 is 11.3 Å². The van der Waals surface area contributed by atoms with Gasteiger partial charge in [0.1, 0.15) is 29.9 Å². The Morgan fingerprint density at radius 1 is 1.35 bits per heavy atom. The standard InChI is InChI=1S/C15H21NO3S/c1-4-7-16-15(14-8-12(18-3)10-20-14)13-6-5-11(19-13)9-17-2/h5-6,8,10,15-16H,4,7,9H2,1-3H3. The summed E-state index contributed by atoms with van der Waals surface area (Å²) in [4.78, 5) is 1.19. The molecule has 0 spiro atoms. The summed E-state index contributed by atoms with van der Waals surface area (Å²) < 4.78 is 16.2. The van der Waals surface area contributed by atoms with E-state index < -0.39 is 0 Å². The van der Waals surface area contributed by atoms with Gasteiger partial charge in [-0.1, -0.05) is 6.92 Å². The Bertz CT molecular complexity index is 521. The monoisotopic (exact) mass is 295 g/mol. The average Bonchev–Trinajstić information content (AvgIpc) is 3.09. The number of hydrogen-bond acceptors (Lipinski definition) is 5. The number of nitrogens with one attached hydrogen (secondary N) is 1. The first-order valence-corrected chi connectivity index (χ1v) is 7.59. The number of thiophene rings is 1. The highest BCUT2D eigenvalue weighted by molar-refractivity contribution is 7.10. The molecule has 0 saturated carbocycles. The van der Waals surface area contributed by atoms with E-state index in [9.17, 15) is 0 Å². The molecule has 110 valence electrons. The van der Waals surface area contributed by atoms with E-state index >= 15 is 0 Å². The Labute approximate surface area is 123 Å². The maximum absolute atomic E-state index is 5.86. The van der Waals surface area contributed by atoms with Gasteiger partial charge in [-0.2, -0.15) is 0 Å². The quantitative estimate of drug-likeness (QED) is 0.808. The topological polar surface area (TPSA) is 43.6 Å². The number of furan rings is 1. The highest BCUT2D eigenvalue weighted by atomic mass is 32.1. The van der Waals surface area contributed by atoms with Gasteiger partial charge in [-0.15, -0.1) is 11.3 Å². The van der Waals surface area contributed by atoms with Crippen molar-refractivity contribution in [3.8, 4) is 5.75 Å². The zero-order chi connectivity index (χ0) is 14.4. The van der Waals surface area contributed by atoms with Gasteiger partial charge in [-0.25, -0.2) is 0 Å². The maximum atomic E-state index is 5.86. The fourth-order valence-corrected chi connectivity index (χ4v) is 2.93. The van der Waals surface area contributed by atoms with Gasteiger partial charge in [0.05, 0.1) is 7.11 Å².